The lowest BCUT2D eigenvalue weighted by Gasteiger charge is -2.37. The maximum atomic E-state index is 12.3. The van der Waals surface area contributed by atoms with E-state index in [-0.39, 0.29) is 16.4 Å². The van der Waals surface area contributed by atoms with E-state index in [1.54, 1.807) is 24.3 Å². The van der Waals surface area contributed by atoms with Gasteiger partial charge in [-0.2, -0.15) is 8.42 Å². The largest absolute Gasteiger partial charge is 0.297 e. The first-order valence-corrected chi connectivity index (χ1v) is 9.09. The quantitative estimate of drug-likeness (QED) is 0.782. The van der Waals surface area contributed by atoms with Crippen molar-refractivity contribution in [2.24, 2.45) is 11.3 Å². The van der Waals surface area contributed by atoms with Gasteiger partial charge in [0.1, 0.15) is 0 Å². The molecule has 1 aromatic rings. The zero-order valence-corrected chi connectivity index (χ0v) is 14.2. The van der Waals surface area contributed by atoms with Crippen molar-refractivity contribution in [3.8, 4) is 0 Å². The first kappa shape index (κ1) is 16.5. The third-order valence-electron chi connectivity index (χ3n) is 4.42. The summed E-state index contributed by atoms with van der Waals surface area (Å²) in [5.41, 5.74) is 1.25. The molecular formula is C17H26O3S. The summed E-state index contributed by atoms with van der Waals surface area (Å²) in [5, 5.41) is 0. The van der Waals surface area contributed by atoms with Crippen LogP contribution in [0.25, 0.3) is 0 Å². The average Bonchev–Trinajstić information content (AvgIpc) is 2.38. The molecule has 0 amide bonds. The summed E-state index contributed by atoms with van der Waals surface area (Å²) < 4.78 is 30.2. The van der Waals surface area contributed by atoms with Crippen LogP contribution < -0.4 is 0 Å². The minimum atomic E-state index is -3.65. The monoisotopic (exact) mass is 310 g/mol. The molecule has 0 spiro atoms. The van der Waals surface area contributed by atoms with E-state index >= 15 is 0 Å². The number of rotatable bonds is 3. The highest BCUT2D eigenvalue weighted by molar-refractivity contribution is 7.86. The summed E-state index contributed by atoms with van der Waals surface area (Å²) in [6.07, 6.45) is 3.67. The maximum absolute atomic E-state index is 12.3. The molecule has 0 aromatic heterocycles. The van der Waals surface area contributed by atoms with Crippen molar-refractivity contribution >= 4 is 10.1 Å². The number of benzene rings is 1. The molecule has 1 aliphatic rings. The summed E-state index contributed by atoms with van der Waals surface area (Å²) in [6, 6.07) is 6.84. The summed E-state index contributed by atoms with van der Waals surface area (Å²) >= 11 is 0. The fourth-order valence-corrected chi connectivity index (χ4v) is 4.07. The molecule has 0 saturated heterocycles. The first-order chi connectivity index (χ1) is 9.68. The fourth-order valence-electron chi connectivity index (χ4n) is 2.96. The van der Waals surface area contributed by atoms with Gasteiger partial charge in [-0.05, 0) is 49.7 Å². The Balaban J connectivity index is 2.08. The second-order valence-corrected chi connectivity index (χ2v) is 8.79. The zero-order chi connectivity index (χ0) is 15.7. The third kappa shape index (κ3) is 4.30. The summed E-state index contributed by atoms with van der Waals surface area (Å²) in [6.45, 7) is 8.59. The normalized spacial score (nSPS) is 24.0. The third-order valence-corrected chi connectivity index (χ3v) is 5.80. The summed E-state index contributed by atoms with van der Waals surface area (Å²) in [5.74, 6) is 0.518. The van der Waals surface area contributed by atoms with Gasteiger partial charge >= 0.3 is 0 Å². The molecule has 0 bridgehead atoms. The Bertz CT molecular complexity index is 567. The molecule has 0 aliphatic heterocycles. The molecule has 0 unspecified atom stereocenters. The van der Waals surface area contributed by atoms with Gasteiger partial charge in [0.05, 0.1) is 11.0 Å². The molecular weight excluding hydrogens is 284 g/mol. The van der Waals surface area contributed by atoms with Crippen molar-refractivity contribution in [3.05, 3.63) is 29.8 Å². The van der Waals surface area contributed by atoms with Crippen LogP contribution in [0.3, 0.4) is 0 Å². The van der Waals surface area contributed by atoms with E-state index in [2.05, 4.69) is 20.8 Å². The summed E-state index contributed by atoms with van der Waals surface area (Å²) in [4.78, 5) is 0.256. The highest BCUT2D eigenvalue weighted by Gasteiger charge is 2.33. The van der Waals surface area contributed by atoms with Crippen LogP contribution in [0, 0.1) is 18.3 Å². The van der Waals surface area contributed by atoms with E-state index in [0.29, 0.717) is 5.92 Å². The van der Waals surface area contributed by atoms with Crippen molar-refractivity contribution in [1.82, 2.24) is 0 Å². The SMILES string of the molecule is Cc1ccc(S(=O)(=O)O[C@@H]2CCC[C@H](C(C)(C)C)C2)cc1. The smallest absolute Gasteiger partial charge is 0.263 e. The Labute approximate surface area is 128 Å². The second-order valence-electron chi connectivity index (χ2n) is 7.21. The van der Waals surface area contributed by atoms with Crippen LogP contribution in [-0.4, -0.2) is 14.5 Å². The van der Waals surface area contributed by atoms with Gasteiger partial charge in [-0.25, -0.2) is 0 Å². The Kier molecular flexibility index (Phi) is 4.79. The van der Waals surface area contributed by atoms with Crippen LogP contribution in [-0.2, 0) is 14.3 Å². The van der Waals surface area contributed by atoms with E-state index in [4.69, 9.17) is 4.18 Å². The van der Waals surface area contributed by atoms with Crippen molar-refractivity contribution in [3.63, 3.8) is 0 Å². The van der Waals surface area contributed by atoms with Crippen molar-refractivity contribution in [2.45, 2.75) is 64.4 Å². The molecule has 3 nitrogen and oxygen atoms in total. The van der Waals surface area contributed by atoms with Gasteiger partial charge in [-0.15, -0.1) is 0 Å². The zero-order valence-electron chi connectivity index (χ0n) is 13.4. The van der Waals surface area contributed by atoms with Gasteiger partial charge in [0.2, 0.25) is 0 Å². The van der Waals surface area contributed by atoms with E-state index in [1.807, 2.05) is 6.92 Å². The van der Waals surface area contributed by atoms with E-state index in [9.17, 15) is 8.42 Å². The minimum Gasteiger partial charge on any atom is -0.263 e. The predicted octanol–water partition coefficient (Wildman–Crippen LogP) is 4.31. The molecule has 1 saturated carbocycles. The van der Waals surface area contributed by atoms with Crippen LogP contribution in [0.2, 0.25) is 0 Å². The van der Waals surface area contributed by atoms with Crippen LogP contribution in [0.1, 0.15) is 52.0 Å². The Hall–Kier alpha value is -0.870. The highest BCUT2D eigenvalue weighted by atomic mass is 32.2. The van der Waals surface area contributed by atoms with Crippen LogP contribution in [0.15, 0.2) is 29.2 Å². The lowest BCUT2D eigenvalue weighted by atomic mass is 9.72. The van der Waals surface area contributed by atoms with Gasteiger partial charge in [0.15, 0.2) is 0 Å². The van der Waals surface area contributed by atoms with E-state index < -0.39 is 10.1 Å². The van der Waals surface area contributed by atoms with E-state index in [0.717, 1.165) is 31.2 Å². The Morgan fingerprint density at radius 3 is 2.29 bits per heavy atom. The molecule has 0 radical (unpaired) electrons. The molecule has 2 rings (SSSR count). The van der Waals surface area contributed by atoms with Crippen molar-refractivity contribution < 1.29 is 12.6 Å². The summed E-state index contributed by atoms with van der Waals surface area (Å²) in [7, 11) is -3.65. The van der Waals surface area contributed by atoms with Gasteiger partial charge in [-0.3, -0.25) is 4.18 Å². The van der Waals surface area contributed by atoms with Gasteiger partial charge in [0, 0.05) is 0 Å². The standard InChI is InChI=1S/C17H26O3S/c1-13-8-10-16(11-9-13)21(18,19)20-15-7-5-6-14(12-15)17(2,3)4/h8-11,14-15H,5-7,12H2,1-4H3/t14-,15+/m0/s1. The molecule has 1 fully saturated rings. The molecule has 4 heteroatoms. The van der Waals surface area contributed by atoms with Crippen molar-refractivity contribution in [1.29, 1.82) is 0 Å². The maximum Gasteiger partial charge on any atom is 0.297 e. The van der Waals surface area contributed by atoms with Gasteiger partial charge < -0.3 is 0 Å². The Morgan fingerprint density at radius 2 is 1.71 bits per heavy atom. The number of hydrogen-bond acceptors (Lipinski definition) is 3. The average molecular weight is 310 g/mol. The molecule has 0 heterocycles. The highest BCUT2D eigenvalue weighted by Crippen LogP contribution is 2.39. The lowest BCUT2D eigenvalue weighted by Crippen LogP contribution is -2.32. The lowest BCUT2D eigenvalue weighted by molar-refractivity contribution is 0.0788. The molecule has 118 valence electrons. The number of aryl methyl sites for hydroxylation is 1. The molecule has 1 aliphatic carbocycles. The predicted molar refractivity (Wildman–Crippen MR) is 84.7 cm³/mol. The molecule has 2 atom stereocenters. The van der Waals surface area contributed by atoms with Gasteiger partial charge in [-0.1, -0.05) is 44.9 Å². The molecule has 21 heavy (non-hydrogen) atoms. The van der Waals surface area contributed by atoms with Crippen LogP contribution in [0.5, 0.6) is 0 Å². The van der Waals surface area contributed by atoms with Crippen molar-refractivity contribution in [2.75, 3.05) is 0 Å². The minimum absolute atomic E-state index is 0.186. The first-order valence-electron chi connectivity index (χ1n) is 7.68. The topological polar surface area (TPSA) is 43.4 Å². The van der Waals surface area contributed by atoms with Crippen LogP contribution >= 0.6 is 0 Å². The van der Waals surface area contributed by atoms with E-state index in [1.165, 1.54) is 0 Å². The Morgan fingerprint density at radius 1 is 1.10 bits per heavy atom. The second kappa shape index (κ2) is 6.09. The number of hydrogen-bond donors (Lipinski definition) is 0. The van der Waals surface area contributed by atoms with Gasteiger partial charge in [0.25, 0.3) is 10.1 Å². The fraction of sp³-hybridized carbons (Fsp3) is 0.647. The van der Waals surface area contributed by atoms with Crippen LogP contribution in [0.4, 0.5) is 0 Å². The molecule has 1 aromatic carbocycles. The molecule has 0 N–H and O–H groups in total.